The first-order chi connectivity index (χ1) is 16.2. The van der Waals surface area contributed by atoms with Gasteiger partial charge in [-0.1, -0.05) is 29.8 Å². The van der Waals surface area contributed by atoms with Crippen molar-refractivity contribution in [2.24, 2.45) is 0 Å². The van der Waals surface area contributed by atoms with Crippen LogP contribution in [0.3, 0.4) is 0 Å². The normalized spacial score (nSPS) is 17.4. The number of ether oxygens (including phenoxy) is 3. The van der Waals surface area contributed by atoms with Gasteiger partial charge in [0.25, 0.3) is 11.7 Å². The molecule has 1 aliphatic heterocycles. The number of carbonyl (C=O) groups excluding carboxylic acids is 2. The number of aryl methyl sites for hydroxylation is 1. The number of likely N-dealkylation sites (tertiary alicyclic amines) is 1. The molecule has 1 atom stereocenters. The zero-order valence-electron chi connectivity index (χ0n) is 20.5. The molecule has 0 bridgehead atoms. The molecule has 1 aliphatic rings. The summed E-state index contributed by atoms with van der Waals surface area (Å²) in [6, 6.07) is 9.76. The van der Waals surface area contributed by atoms with Crippen molar-refractivity contribution in [1.82, 2.24) is 9.80 Å². The Morgan fingerprint density at radius 3 is 2.09 bits per heavy atom. The lowest BCUT2D eigenvalue weighted by Crippen LogP contribution is -2.32. The van der Waals surface area contributed by atoms with Crippen LogP contribution in [0.15, 0.2) is 42.0 Å². The van der Waals surface area contributed by atoms with Crippen LogP contribution in [0.25, 0.3) is 5.76 Å². The quantitative estimate of drug-likeness (QED) is 0.343. The van der Waals surface area contributed by atoms with Crippen LogP contribution in [-0.4, -0.2) is 75.1 Å². The van der Waals surface area contributed by atoms with E-state index in [1.54, 1.807) is 24.3 Å². The van der Waals surface area contributed by atoms with Gasteiger partial charge in [-0.25, -0.2) is 0 Å². The number of rotatable bonds is 9. The molecule has 3 rings (SSSR count). The van der Waals surface area contributed by atoms with Gasteiger partial charge < -0.3 is 29.1 Å². The number of benzene rings is 2. The Morgan fingerprint density at radius 1 is 1.00 bits per heavy atom. The number of carbonyl (C=O) groups is 2. The molecular formula is C26H32N2O6. The van der Waals surface area contributed by atoms with E-state index in [-0.39, 0.29) is 11.3 Å². The Bertz CT molecular complexity index is 1070. The van der Waals surface area contributed by atoms with Gasteiger partial charge in [0.05, 0.1) is 32.9 Å². The van der Waals surface area contributed by atoms with E-state index in [4.69, 9.17) is 14.2 Å². The monoisotopic (exact) mass is 468 g/mol. The summed E-state index contributed by atoms with van der Waals surface area (Å²) in [4.78, 5) is 29.8. The molecule has 0 aliphatic carbocycles. The Balaban J connectivity index is 2.21. The van der Waals surface area contributed by atoms with Gasteiger partial charge in [0.2, 0.25) is 5.75 Å². The van der Waals surface area contributed by atoms with Gasteiger partial charge >= 0.3 is 0 Å². The van der Waals surface area contributed by atoms with Crippen LogP contribution < -0.4 is 14.2 Å². The van der Waals surface area contributed by atoms with Gasteiger partial charge in [0, 0.05) is 12.1 Å². The van der Waals surface area contributed by atoms with E-state index in [2.05, 4.69) is 0 Å². The molecule has 0 radical (unpaired) electrons. The molecule has 1 fully saturated rings. The lowest BCUT2D eigenvalue weighted by atomic mass is 9.94. The highest BCUT2D eigenvalue weighted by Gasteiger charge is 2.46. The summed E-state index contributed by atoms with van der Waals surface area (Å²) >= 11 is 0. The van der Waals surface area contributed by atoms with E-state index >= 15 is 0 Å². The van der Waals surface area contributed by atoms with E-state index in [1.165, 1.54) is 26.2 Å². The van der Waals surface area contributed by atoms with Crippen LogP contribution in [0.2, 0.25) is 0 Å². The van der Waals surface area contributed by atoms with Crippen LogP contribution in [0.5, 0.6) is 17.2 Å². The van der Waals surface area contributed by atoms with Crippen LogP contribution >= 0.6 is 0 Å². The molecule has 1 N–H and O–H groups in total. The number of hydrogen-bond acceptors (Lipinski definition) is 7. The first kappa shape index (κ1) is 25.1. The van der Waals surface area contributed by atoms with Crippen molar-refractivity contribution in [2.75, 3.05) is 48.5 Å². The third kappa shape index (κ3) is 4.87. The van der Waals surface area contributed by atoms with Crippen LogP contribution in [-0.2, 0) is 9.59 Å². The second kappa shape index (κ2) is 10.6. The molecule has 2 aromatic carbocycles. The smallest absolute Gasteiger partial charge is 0.295 e. The molecule has 182 valence electrons. The molecule has 0 spiro atoms. The number of amides is 1. The molecule has 0 unspecified atom stereocenters. The molecule has 1 heterocycles. The second-order valence-electron chi connectivity index (χ2n) is 8.47. The number of nitrogens with zero attached hydrogens (tertiary/aromatic N) is 2. The predicted octanol–water partition coefficient (Wildman–Crippen LogP) is 3.39. The van der Waals surface area contributed by atoms with Crippen molar-refractivity contribution in [3.63, 3.8) is 0 Å². The highest BCUT2D eigenvalue weighted by molar-refractivity contribution is 6.46. The maximum absolute atomic E-state index is 13.2. The minimum atomic E-state index is -0.808. The highest BCUT2D eigenvalue weighted by Crippen LogP contribution is 2.45. The summed E-state index contributed by atoms with van der Waals surface area (Å²) in [6.07, 6.45) is 0.658. The van der Waals surface area contributed by atoms with E-state index < -0.39 is 17.7 Å². The third-order valence-electron chi connectivity index (χ3n) is 5.87. The van der Waals surface area contributed by atoms with Crippen LogP contribution in [0.4, 0.5) is 0 Å². The Hall–Kier alpha value is -3.52. The first-order valence-electron chi connectivity index (χ1n) is 11.0. The van der Waals surface area contributed by atoms with E-state index in [0.29, 0.717) is 41.3 Å². The van der Waals surface area contributed by atoms with Crippen molar-refractivity contribution < 1.29 is 28.9 Å². The Labute approximate surface area is 200 Å². The molecule has 1 saturated heterocycles. The number of hydrogen-bond donors (Lipinski definition) is 1. The van der Waals surface area contributed by atoms with E-state index in [9.17, 15) is 14.7 Å². The largest absolute Gasteiger partial charge is 0.507 e. The molecule has 0 aromatic heterocycles. The average molecular weight is 469 g/mol. The summed E-state index contributed by atoms with van der Waals surface area (Å²) in [5.41, 5.74) is 2.09. The zero-order chi connectivity index (χ0) is 25.0. The molecule has 34 heavy (non-hydrogen) atoms. The summed E-state index contributed by atoms with van der Waals surface area (Å²) in [6.45, 7) is 3.01. The van der Waals surface area contributed by atoms with Gasteiger partial charge in [-0.2, -0.15) is 0 Å². The van der Waals surface area contributed by atoms with Gasteiger partial charge in [-0.15, -0.1) is 0 Å². The Morgan fingerprint density at radius 2 is 1.59 bits per heavy atom. The van der Waals surface area contributed by atoms with Crippen molar-refractivity contribution in [1.29, 1.82) is 0 Å². The fraction of sp³-hybridized carbons (Fsp3) is 0.385. The number of Topliss-reactive ketones (excluding diaryl/α,β-unsaturated/α-hetero) is 1. The second-order valence-corrected chi connectivity index (χ2v) is 8.47. The van der Waals surface area contributed by atoms with E-state index in [1.807, 2.05) is 38.1 Å². The topological polar surface area (TPSA) is 88.5 Å². The van der Waals surface area contributed by atoms with Gasteiger partial charge in [-0.05, 0) is 51.7 Å². The van der Waals surface area contributed by atoms with Crippen molar-refractivity contribution in [3.05, 3.63) is 58.7 Å². The number of methoxy groups -OCH3 is 3. The SMILES string of the molecule is COc1cc([C@H]2/C(=C(\O)c3ccc(C)cc3)C(=O)C(=O)N2CCCN(C)C)cc(OC)c1OC. The number of aliphatic hydroxyl groups is 1. The molecule has 8 nitrogen and oxygen atoms in total. The highest BCUT2D eigenvalue weighted by atomic mass is 16.5. The van der Waals surface area contributed by atoms with Crippen LogP contribution in [0.1, 0.15) is 29.2 Å². The maximum Gasteiger partial charge on any atom is 0.295 e. The minimum Gasteiger partial charge on any atom is -0.507 e. The molecule has 1 amide bonds. The van der Waals surface area contributed by atoms with Gasteiger partial charge in [0.1, 0.15) is 5.76 Å². The lowest BCUT2D eigenvalue weighted by molar-refractivity contribution is -0.139. The van der Waals surface area contributed by atoms with Crippen molar-refractivity contribution in [3.8, 4) is 17.2 Å². The number of ketones is 1. The van der Waals surface area contributed by atoms with Crippen molar-refractivity contribution >= 4 is 17.4 Å². The lowest BCUT2D eigenvalue weighted by Gasteiger charge is -2.27. The minimum absolute atomic E-state index is 0.0352. The van der Waals surface area contributed by atoms with Crippen molar-refractivity contribution in [2.45, 2.75) is 19.4 Å². The van der Waals surface area contributed by atoms with Gasteiger partial charge in [-0.3, -0.25) is 9.59 Å². The fourth-order valence-electron chi connectivity index (χ4n) is 4.14. The van der Waals surface area contributed by atoms with E-state index in [0.717, 1.165) is 12.1 Å². The summed E-state index contributed by atoms with van der Waals surface area (Å²) in [7, 11) is 8.40. The third-order valence-corrected chi connectivity index (χ3v) is 5.87. The molecule has 2 aromatic rings. The average Bonchev–Trinajstić information content (AvgIpc) is 3.07. The zero-order valence-corrected chi connectivity index (χ0v) is 20.5. The van der Waals surface area contributed by atoms with Crippen LogP contribution in [0, 0.1) is 6.92 Å². The number of aliphatic hydroxyl groups excluding tert-OH is 1. The standard InChI is InChI=1S/C26H32N2O6/c1-16-8-10-17(11-9-16)23(29)21-22(28(26(31)24(21)30)13-7-12-27(2)3)18-14-19(32-4)25(34-6)20(15-18)33-5/h8-11,14-15,22,29H,7,12-13H2,1-6H3/b23-21+/t22-/m0/s1. The summed E-state index contributed by atoms with van der Waals surface area (Å²) in [5.74, 6) is -0.394. The Kier molecular flexibility index (Phi) is 7.83. The molecular weight excluding hydrogens is 436 g/mol. The molecule has 8 heteroatoms. The maximum atomic E-state index is 13.2. The summed E-state index contributed by atoms with van der Waals surface area (Å²) < 4.78 is 16.4. The van der Waals surface area contributed by atoms with Gasteiger partial charge in [0.15, 0.2) is 11.5 Å². The molecule has 0 saturated carbocycles. The first-order valence-corrected chi connectivity index (χ1v) is 11.0. The predicted molar refractivity (Wildman–Crippen MR) is 129 cm³/mol. The summed E-state index contributed by atoms with van der Waals surface area (Å²) in [5, 5.41) is 11.2. The fourth-order valence-corrected chi connectivity index (χ4v) is 4.14.